The van der Waals surface area contributed by atoms with Gasteiger partial charge >= 0.3 is 0 Å². The number of aryl methyl sites for hydroxylation is 1. The number of amides is 1. The minimum absolute atomic E-state index is 0.0294. The van der Waals surface area contributed by atoms with Crippen molar-refractivity contribution in [3.05, 3.63) is 28.3 Å². The topological polar surface area (TPSA) is 29.5 Å². The van der Waals surface area contributed by atoms with Gasteiger partial charge in [-0.05, 0) is 36.5 Å². The number of hydrogen-bond acceptors (Lipinski definition) is 2. The second kappa shape index (κ2) is 9.06. The van der Waals surface area contributed by atoms with Crippen molar-refractivity contribution in [1.29, 1.82) is 0 Å². The number of anilines is 1. The van der Waals surface area contributed by atoms with Crippen molar-refractivity contribution >= 4 is 23.2 Å². The summed E-state index contributed by atoms with van der Waals surface area (Å²) >= 11 is 6.32. The van der Waals surface area contributed by atoms with E-state index in [9.17, 15) is 4.79 Å². The van der Waals surface area contributed by atoms with Gasteiger partial charge < -0.3 is 9.64 Å². The van der Waals surface area contributed by atoms with Crippen LogP contribution < -0.4 is 4.90 Å². The van der Waals surface area contributed by atoms with Crippen LogP contribution in [0.25, 0.3) is 0 Å². The van der Waals surface area contributed by atoms with Crippen LogP contribution in [0.1, 0.15) is 45.2 Å². The molecule has 0 aliphatic rings. The highest BCUT2D eigenvalue weighted by atomic mass is 35.5. The van der Waals surface area contributed by atoms with Crippen LogP contribution in [0.5, 0.6) is 0 Å². The lowest BCUT2D eigenvalue weighted by atomic mass is 10.0. The molecule has 0 saturated heterocycles. The van der Waals surface area contributed by atoms with Gasteiger partial charge in [0, 0.05) is 25.1 Å². The highest BCUT2D eigenvalue weighted by Crippen LogP contribution is 2.32. The Morgan fingerprint density at radius 3 is 2.43 bits per heavy atom. The molecule has 4 heteroatoms. The Kier molecular flexibility index (Phi) is 7.76. The van der Waals surface area contributed by atoms with Crippen LogP contribution in [0.2, 0.25) is 5.02 Å². The summed E-state index contributed by atoms with van der Waals surface area (Å²) in [6, 6.07) is 3.94. The predicted octanol–water partition coefficient (Wildman–Crippen LogP) is 4.24. The Morgan fingerprint density at radius 1 is 1.19 bits per heavy atom. The number of halogens is 1. The maximum Gasteiger partial charge on any atom is 0.223 e. The van der Waals surface area contributed by atoms with Gasteiger partial charge in [-0.3, -0.25) is 4.79 Å². The van der Waals surface area contributed by atoms with Crippen molar-refractivity contribution in [3.8, 4) is 0 Å². The van der Waals surface area contributed by atoms with Crippen molar-refractivity contribution in [3.63, 3.8) is 0 Å². The maximum atomic E-state index is 12.1. The van der Waals surface area contributed by atoms with Gasteiger partial charge in [-0.1, -0.05) is 38.4 Å². The molecule has 1 amide bonds. The fraction of sp³-hybridized carbons (Fsp3) is 0.588. The number of ether oxygens (including phenoxy) is 1. The van der Waals surface area contributed by atoms with Gasteiger partial charge in [-0.2, -0.15) is 0 Å². The minimum Gasteiger partial charge on any atom is -0.380 e. The fourth-order valence-corrected chi connectivity index (χ4v) is 2.73. The molecule has 0 aliphatic carbocycles. The number of benzene rings is 1. The number of carbonyl (C=O) groups excluding carboxylic acids is 1. The number of rotatable bonds is 8. The Balaban J connectivity index is 3.11. The highest BCUT2D eigenvalue weighted by Gasteiger charge is 2.19. The van der Waals surface area contributed by atoms with Gasteiger partial charge in [0.15, 0.2) is 0 Å². The van der Waals surface area contributed by atoms with E-state index in [0.29, 0.717) is 13.2 Å². The van der Waals surface area contributed by atoms with Gasteiger partial charge in [-0.15, -0.1) is 0 Å². The first-order valence-corrected chi connectivity index (χ1v) is 8.10. The molecule has 1 aromatic rings. The van der Waals surface area contributed by atoms with Gasteiger partial charge in [0.05, 0.1) is 12.3 Å². The van der Waals surface area contributed by atoms with Crippen molar-refractivity contribution < 1.29 is 9.53 Å². The second-order valence-electron chi connectivity index (χ2n) is 5.02. The summed E-state index contributed by atoms with van der Waals surface area (Å²) in [7, 11) is 0. The Hall–Kier alpha value is -1.06. The van der Waals surface area contributed by atoms with Crippen molar-refractivity contribution in [2.75, 3.05) is 24.7 Å². The van der Waals surface area contributed by atoms with Crippen LogP contribution in [0.4, 0.5) is 5.69 Å². The first-order valence-electron chi connectivity index (χ1n) is 7.72. The molecule has 21 heavy (non-hydrogen) atoms. The van der Waals surface area contributed by atoms with E-state index in [1.54, 1.807) is 11.8 Å². The van der Waals surface area contributed by atoms with E-state index in [2.05, 4.69) is 20.8 Å². The van der Waals surface area contributed by atoms with Crippen LogP contribution >= 0.6 is 11.6 Å². The van der Waals surface area contributed by atoms with Crippen molar-refractivity contribution in [1.82, 2.24) is 0 Å². The van der Waals surface area contributed by atoms with Crippen LogP contribution in [0.3, 0.4) is 0 Å². The molecule has 0 radical (unpaired) electrons. The predicted molar refractivity (Wildman–Crippen MR) is 89.3 cm³/mol. The standard InChI is InChI=1S/C17H26ClNO2/c1-5-11-21-12-10-19(13(4)20)17-14(6-2)8-9-16(18)15(17)7-3/h8-9H,5-7,10-12H2,1-4H3. The number of nitrogens with zero attached hydrogens (tertiary/aromatic N) is 1. The molecule has 0 fully saturated rings. The molecular weight excluding hydrogens is 286 g/mol. The molecule has 0 saturated carbocycles. The summed E-state index contributed by atoms with van der Waals surface area (Å²) in [4.78, 5) is 13.9. The van der Waals surface area contributed by atoms with Crippen molar-refractivity contribution in [2.24, 2.45) is 0 Å². The quantitative estimate of drug-likeness (QED) is 0.672. The Labute approximate surface area is 133 Å². The van der Waals surface area contributed by atoms with E-state index in [0.717, 1.165) is 47.7 Å². The lowest BCUT2D eigenvalue weighted by Gasteiger charge is -2.27. The molecule has 0 N–H and O–H groups in total. The molecule has 3 nitrogen and oxygen atoms in total. The fourth-order valence-electron chi connectivity index (χ4n) is 2.45. The summed E-state index contributed by atoms with van der Waals surface area (Å²) in [6.07, 6.45) is 2.67. The van der Waals surface area contributed by atoms with Crippen LogP contribution in [0, 0.1) is 0 Å². The zero-order chi connectivity index (χ0) is 15.8. The van der Waals surface area contributed by atoms with Gasteiger partial charge in [-0.25, -0.2) is 0 Å². The third-order valence-corrected chi connectivity index (χ3v) is 3.86. The van der Waals surface area contributed by atoms with E-state index in [1.807, 2.05) is 12.1 Å². The zero-order valence-electron chi connectivity index (χ0n) is 13.5. The third-order valence-electron chi connectivity index (χ3n) is 3.50. The first-order chi connectivity index (χ1) is 10.1. The molecule has 0 bridgehead atoms. The summed E-state index contributed by atoms with van der Waals surface area (Å²) in [5, 5.41) is 0.727. The summed E-state index contributed by atoms with van der Waals surface area (Å²) in [6.45, 7) is 9.67. The highest BCUT2D eigenvalue weighted by molar-refractivity contribution is 6.32. The Morgan fingerprint density at radius 2 is 1.90 bits per heavy atom. The van der Waals surface area contributed by atoms with E-state index >= 15 is 0 Å². The summed E-state index contributed by atoms with van der Waals surface area (Å²) in [5.74, 6) is 0.0294. The zero-order valence-corrected chi connectivity index (χ0v) is 14.3. The van der Waals surface area contributed by atoms with Crippen LogP contribution in [-0.4, -0.2) is 25.7 Å². The van der Waals surface area contributed by atoms with Crippen LogP contribution in [0.15, 0.2) is 12.1 Å². The van der Waals surface area contributed by atoms with E-state index < -0.39 is 0 Å². The largest absolute Gasteiger partial charge is 0.380 e. The smallest absolute Gasteiger partial charge is 0.223 e. The lowest BCUT2D eigenvalue weighted by molar-refractivity contribution is -0.116. The molecule has 0 unspecified atom stereocenters. The summed E-state index contributed by atoms with van der Waals surface area (Å²) < 4.78 is 5.54. The monoisotopic (exact) mass is 311 g/mol. The normalized spacial score (nSPS) is 10.7. The molecular formula is C17H26ClNO2. The molecule has 1 rings (SSSR count). The van der Waals surface area contributed by atoms with E-state index in [4.69, 9.17) is 16.3 Å². The third kappa shape index (κ3) is 4.72. The average Bonchev–Trinajstić information content (AvgIpc) is 2.47. The Bertz CT molecular complexity index is 474. The van der Waals surface area contributed by atoms with Gasteiger partial charge in [0.25, 0.3) is 0 Å². The number of hydrogen-bond donors (Lipinski definition) is 0. The molecule has 0 aliphatic heterocycles. The van der Waals surface area contributed by atoms with Gasteiger partial charge in [0.1, 0.15) is 0 Å². The molecule has 1 aromatic carbocycles. The SMILES string of the molecule is CCCOCCN(C(C)=O)c1c(CC)ccc(Cl)c1CC. The summed E-state index contributed by atoms with van der Waals surface area (Å²) in [5.41, 5.74) is 3.17. The van der Waals surface area contributed by atoms with E-state index in [-0.39, 0.29) is 5.91 Å². The second-order valence-corrected chi connectivity index (χ2v) is 5.43. The maximum absolute atomic E-state index is 12.1. The molecule has 118 valence electrons. The minimum atomic E-state index is 0.0294. The van der Waals surface area contributed by atoms with E-state index in [1.165, 1.54) is 0 Å². The molecule has 0 spiro atoms. The lowest BCUT2D eigenvalue weighted by Crippen LogP contribution is -2.33. The molecule has 0 atom stereocenters. The molecule has 0 aromatic heterocycles. The average molecular weight is 312 g/mol. The first kappa shape index (κ1) is 18.0. The van der Waals surface area contributed by atoms with Crippen molar-refractivity contribution in [2.45, 2.75) is 47.0 Å². The van der Waals surface area contributed by atoms with Gasteiger partial charge in [0.2, 0.25) is 5.91 Å². The molecule has 0 heterocycles. The van der Waals surface area contributed by atoms with Crippen LogP contribution in [-0.2, 0) is 22.4 Å². The number of carbonyl (C=O) groups is 1.